The molecule has 2 heterocycles. The van der Waals surface area contributed by atoms with Gasteiger partial charge in [0, 0.05) is 19.6 Å². The average Bonchev–Trinajstić information content (AvgIpc) is 2.22. The van der Waals surface area contributed by atoms with Crippen molar-refractivity contribution >= 4 is 5.82 Å². The number of nitrogens with zero attached hydrogens (tertiary/aromatic N) is 3. The van der Waals surface area contributed by atoms with Gasteiger partial charge >= 0.3 is 0 Å². The van der Waals surface area contributed by atoms with Crippen molar-refractivity contribution in [3.05, 3.63) is 12.4 Å². The number of anilines is 1. The van der Waals surface area contributed by atoms with E-state index in [-0.39, 0.29) is 6.10 Å². The van der Waals surface area contributed by atoms with Crippen LogP contribution in [0, 0.1) is 0 Å². The number of rotatable bonds is 5. The molecule has 94 valence electrons. The maximum Gasteiger partial charge on any atom is 0.234 e. The molecule has 1 N–H and O–H groups in total. The first-order chi connectivity index (χ1) is 8.20. The number of hydrogen-bond acceptors (Lipinski definition) is 5. The summed E-state index contributed by atoms with van der Waals surface area (Å²) in [5.74, 6) is 1.50. The Balaban J connectivity index is 2.12. The van der Waals surface area contributed by atoms with Gasteiger partial charge in [-0.25, -0.2) is 0 Å². The number of nitrogens with one attached hydrogen (secondary N) is 1. The van der Waals surface area contributed by atoms with E-state index in [1.165, 1.54) is 0 Å². The molecule has 17 heavy (non-hydrogen) atoms. The normalized spacial score (nSPS) is 15.8. The fourth-order valence-corrected chi connectivity index (χ4v) is 1.88. The lowest BCUT2D eigenvalue weighted by Crippen LogP contribution is -2.57. The van der Waals surface area contributed by atoms with Crippen LogP contribution in [0.15, 0.2) is 12.4 Å². The van der Waals surface area contributed by atoms with E-state index in [2.05, 4.69) is 27.1 Å². The zero-order valence-electron chi connectivity index (χ0n) is 10.7. The van der Waals surface area contributed by atoms with Gasteiger partial charge in [-0.2, -0.15) is 4.98 Å². The van der Waals surface area contributed by atoms with Crippen molar-refractivity contribution in [1.82, 2.24) is 15.3 Å². The maximum absolute atomic E-state index is 5.56. The van der Waals surface area contributed by atoms with E-state index in [0.29, 0.717) is 11.9 Å². The van der Waals surface area contributed by atoms with E-state index < -0.39 is 0 Å². The molecule has 5 nitrogen and oxygen atoms in total. The van der Waals surface area contributed by atoms with Crippen LogP contribution in [0.3, 0.4) is 0 Å². The third-order valence-corrected chi connectivity index (χ3v) is 2.79. The van der Waals surface area contributed by atoms with E-state index in [0.717, 1.165) is 25.5 Å². The molecule has 0 saturated carbocycles. The Morgan fingerprint density at radius 2 is 2.24 bits per heavy atom. The summed E-state index contributed by atoms with van der Waals surface area (Å²) in [4.78, 5) is 11.0. The third kappa shape index (κ3) is 2.85. The summed E-state index contributed by atoms with van der Waals surface area (Å²) >= 11 is 0. The van der Waals surface area contributed by atoms with Crippen molar-refractivity contribution in [3.63, 3.8) is 0 Å². The summed E-state index contributed by atoms with van der Waals surface area (Å²) in [6.07, 6.45) is 3.59. The molecule has 0 aliphatic carbocycles. The molecule has 2 rings (SSSR count). The second-order valence-electron chi connectivity index (χ2n) is 4.48. The summed E-state index contributed by atoms with van der Waals surface area (Å²) in [5, 5.41) is 3.27. The molecule has 1 aliphatic heterocycles. The molecule has 0 unspecified atom stereocenters. The van der Waals surface area contributed by atoms with Gasteiger partial charge in [-0.15, -0.1) is 0 Å². The molecular weight excluding hydrogens is 216 g/mol. The zero-order chi connectivity index (χ0) is 12.3. The lowest BCUT2D eigenvalue weighted by molar-refractivity contribution is 0.231. The number of hydrogen-bond donors (Lipinski definition) is 1. The molecule has 0 atom stereocenters. The van der Waals surface area contributed by atoms with E-state index in [1.807, 2.05) is 13.8 Å². The quantitative estimate of drug-likeness (QED) is 0.828. The minimum absolute atomic E-state index is 0.125. The fraction of sp³-hybridized carbons (Fsp3) is 0.667. The highest BCUT2D eigenvalue weighted by Crippen LogP contribution is 2.18. The highest BCUT2D eigenvalue weighted by atomic mass is 16.5. The van der Waals surface area contributed by atoms with Crippen LogP contribution >= 0.6 is 0 Å². The second kappa shape index (κ2) is 5.31. The predicted molar refractivity (Wildman–Crippen MR) is 67.5 cm³/mol. The van der Waals surface area contributed by atoms with E-state index in [4.69, 9.17) is 4.74 Å². The van der Waals surface area contributed by atoms with Crippen molar-refractivity contribution in [2.45, 2.75) is 32.9 Å². The van der Waals surface area contributed by atoms with Crippen molar-refractivity contribution in [3.8, 4) is 5.88 Å². The molecule has 1 aromatic heterocycles. The molecule has 0 amide bonds. The summed E-state index contributed by atoms with van der Waals surface area (Å²) in [5.41, 5.74) is 0. The Kier molecular flexibility index (Phi) is 3.78. The number of aromatic nitrogens is 2. The largest absolute Gasteiger partial charge is 0.474 e. The molecule has 1 saturated heterocycles. The summed E-state index contributed by atoms with van der Waals surface area (Å²) in [6, 6.07) is 0.531. The molecular formula is C12H20N4O. The topological polar surface area (TPSA) is 50.3 Å². The highest BCUT2D eigenvalue weighted by molar-refractivity contribution is 5.40. The van der Waals surface area contributed by atoms with Crippen LogP contribution < -0.4 is 15.0 Å². The van der Waals surface area contributed by atoms with Crippen molar-refractivity contribution in [1.29, 1.82) is 0 Å². The molecule has 0 spiro atoms. The fourth-order valence-electron chi connectivity index (χ4n) is 1.88. The van der Waals surface area contributed by atoms with Gasteiger partial charge in [-0.1, -0.05) is 0 Å². The summed E-state index contributed by atoms with van der Waals surface area (Å²) in [6.45, 7) is 9.08. The van der Waals surface area contributed by atoms with Crippen molar-refractivity contribution < 1.29 is 4.74 Å². The lowest BCUT2D eigenvalue weighted by Gasteiger charge is -2.38. The first-order valence-corrected chi connectivity index (χ1v) is 6.16. The van der Waals surface area contributed by atoms with E-state index >= 15 is 0 Å². The van der Waals surface area contributed by atoms with Crippen LogP contribution in [-0.4, -0.2) is 41.7 Å². The van der Waals surface area contributed by atoms with E-state index in [9.17, 15) is 0 Å². The SMILES string of the molecule is CCN(c1cncc(OC(C)C)n1)C1CNC1. The minimum Gasteiger partial charge on any atom is -0.474 e. The van der Waals surface area contributed by atoms with Crippen LogP contribution in [0.1, 0.15) is 20.8 Å². The smallest absolute Gasteiger partial charge is 0.234 e. The first kappa shape index (κ1) is 12.1. The van der Waals surface area contributed by atoms with Crippen LogP contribution in [0.5, 0.6) is 5.88 Å². The molecule has 0 radical (unpaired) electrons. The standard InChI is InChI=1S/C12H20N4O/c1-4-16(10-5-13-6-10)11-7-14-8-12(15-11)17-9(2)3/h7-10,13H,4-6H2,1-3H3. The minimum atomic E-state index is 0.125. The summed E-state index contributed by atoms with van der Waals surface area (Å²) < 4.78 is 5.56. The summed E-state index contributed by atoms with van der Waals surface area (Å²) in [7, 11) is 0. The van der Waals surface area contributed by atoms with Gasteiger partial charge in [-0.3, -0.25) is 4.98 Å². The van der Waals surface area contributed by atoms with Gasteiger partial charge < -0.3 is 15.0 Å². The Morgan fingerprint density at radius 1 is 1.47 bits per heavy atom. The lowest BCUT2D eigenvalue weighted by atomic mass is 10.1. The Hall–Kier alpha value is -1.36. The molecule has 5 heteroatoms. The third-order valence-electron chi connectivity index (χ3n) is 2.79. The van der Waals surface area contributed by atoms with Crippen molar-refractivity contribution in [2.75, 3.05) is 24.5 Å². The predicted octanol–water partition coefficient (Wildman–Crippen LogP) is 1.06. The van der Waals surface area contributed by atoms with Gasteiger partial charge in [-0.05, 0) is 20.8 Å². The van der Waals surface area contributed by atoms with Gasteiger partial charge in [0.05, 0.1) is 24.5 Å². The molecule has 1 aliphatic rings. The van der Waals surface area contributed by atoms with Gasteiger partial charge in [0.2, 0.25) is 5.88 Å². The first-order valence-electron chi connectivity index (χ1n) is 6.16. The Bertz CT molecular complexity index is 365. The van der Waals surface area contributed by atoms with Crippen LogP contribution in [0.4, 0.5) is 5.82 Å². The second-order valence-corrected chi connectivity index (χ2v) is 4.48. The Morgan fingerprint density at radius 3 is 2.76 bits per heavy atom. The van der Waals surface area contributed by atoms with Gasteiger partial charge in [0.1, 0.15) is 0 Å². The zero-order valence-corrected chi connectivity index (χ0v) is 10.7. The van der Waals surface area contributed by atoms with Gasteiger partial charge in [0.15, 0.2) is 5.82 Å². The average molecular weight is 236 g/mol. The number of likely N-dealkylation sites (N-methyl/N-ethyl adjacent to an activating group) is 1. The molecule has 0 aromatic carbocycles. The van der Waals surface area contributed by atoms with Crippen LogP contribution in [0.2, 0.25) is 0 Å². The molecule has 0 bridgehead atoms. The van der Waals surface area contributed by atoms with Gasteiger partial charge in [0.25, 0.3) is 0 Å². The molecule has 1 fully saturated rings. The van der Waals surface area contributed by atoms with E-state index in [1.54, 1.807) is 12.4 Å². The van der Waals surface area contributed by atoms with Crippen LogP contribution in [-0.2, 0) is 0 Å². The maximum atomic E-state index is 5.56. The highest BCUT2D eigenvalue weighted by Gasteiger charge is 2.24. The molecule has 1 aromatic rings. The number of ether oxygens (including phenoxy) is 1. The Labute approximate surface area is 102 Å². The van der Waals surface area contributed by atoms with Crippen molar-refractivity contribution in [2.24, 2.45) is 0 Å². The monoisotopic (exact) mass is 236 g/mol. The van der Waals surface area contributed by atoms with Crippen LogP contribution in [0.25, 0.3) is 0 Å².